The summed E-state index contributed by atoms with van der Waals surface area (Å²) in [7, 11) is -3.66. The largest absolute Gasteiger partial charge is 0.294 e. The van der Waals surface area contributed by atoms with E-state index in [0.29, 0.717) is 23.4 Å². The highest BCUT2D eigenvalue weighted by molar-refractivity contribution is 7.90. The lowest BCUT2D eigenvalue weighted by Gasteiger charge is -2.09. The third-order valence-corrected chi connectivity index (χ3v) is 6.21. The van der Waals surface area contributed by atoms with Gasteiger partial charge in [-0.05, 0) is 55.7 Å². The van der Waals surface area contributed by atoms with E-state index in [1.165, 1.54) is 3.97 Å². The number of nitrogens with zero attached hydrogens (tertiary/aromatic N) is 1. The number of hydrogen-bond acceptors (Lipinski definition) is 3. The molecule has 0 spiro atoms. The number of carbonyl (C=O) groups excluding carboxylic acids is 1. The summed E-state index contributed by atoms with van der Waals surface area (Å²) in [5, 5.41) is 0.746. The average molecular weight is 369 g/mol. The summed E-state index contributed by atoms with van der Waals surface area (Å²) in [5.74, 6) is 0.568. The van der Waals surface area contributed by atoms with Crippen LogP contribution in [0.3, 0.4) is 0 Å². The maximum atomic E-state index is 12.9. The molecule has 0 saturated heterocycles. The Morgan fingerprint density at radius 3 is 2.38 bits per heavy atom. The highest BCUT2D eigenvalue weighted by atomic mass is 32.2. The van der Waals surface area contributed by atoms with E-state index in [9.17, 15) is 13.2 Å². The van der Waals surface area contributed by atoms with E-state index in [0.717, 1.165) is 17.4 Å². The molecule has 4 nitrogen and oxygen atoms in total. The number of rotatable bonds is 6. The number of ketones is 1. The van der Waals surface area contributed by atoms with Crippen molar-refractivity contribution >= 4 is 26.7 Å². The first-order chi connectivity index (χ1) is 12.3. The van der Waals surface area contributed by atoms with Crippen LogP contribution >= 0.6 is 0 Å². The van der Waals surface area contributed by atoms with E-state index in [1.807, 2.05) is 6.92 Å². The molecule has 136 valence electrons. The molecule has 1 aromatic heterocycles. The molecule has 0 unspecified atom stereocenters. The molecular weight excluding hydrogens is 346 g/mol. The van der Waals surface area contributed by atoms with Crippen molar-refractivity contribution in [1.82, 2.24) is 3.97 Å². The van der Waals surface area contributed by atoms with Crippen molar-refractivity contribution in [3.05, 3.63) is 65.9 Å². The van der Waals surface area contributed by atoms with Crippen LogP contribution in [0.1, 0.15) is 42.6 Å². The van der Waals surface area contributed by atoms with Crippen LogP contribution in [-0.4, -0.2) is 18.2 Å². The molecule has 3 rings (SSSR count). The predicted octanol–water partition coefficient (Wildman–Crippen LogP) is 4.81. The minimum Gasteiger partial charge on any atom is -0.294 e. The van der Waals surface area contributed by atoms with Crippen LogP contribution in [0, 0.1) is 12.8 Å². The molecule has 2 aromatic carbocycles. The van der Waals surface area contributed by atoms with Gasteiger partial charge in [0.15, 0.2) is 5.78 Å². The summed E-state index contributed by atoms with van der Waals surface area (Å²) in [5.41, 5.74) is 2.21. The SMILES string of the molecule is Cc1ccc(S(=O)(=O)n2ccc3cc(C(=O)CCC(C)C)ccc32)cc1. The fourth-order valence-corrected chi connectivity index (χ4v) is 4.24. The lowest BCUT2D eigenvalue weighted by Crippen LogP contribution is -2.11. The van der Waals surface area contributed by atoms with E-state index >= 15 is 0 Å². The molecule has 3 aromatic rings. The van der Waals surface area contributed by atoms with Gasteiger partial charge in [-0.3, -0.25) is 4.79 Å². The molecule has 1 heterocycles. The van der Waals surface area contributed by atoms with Gasteiger partial charge in [0.25, 0.3) is 10.0 Å². The molecule has 0 N–H and O–H groups in total. The van der Waals surface area contributed by atoms with E-state index in [2.05, 4.69) is 13.8 Å². The first-order valence-corrected chi connectivity index (χ1v) is 10.2. The zero-order chi connectivity index (χ0) is 18.9. The Bertz CT molecular complexity index is 1040. The Balaban J connectivity index is 1.97. The van der Waals surface area contributed by atoms with Crippen LogP contribution in [0.5, 0.6) is 0 Å². The number of benzene rings is 2. The molecule has 0 aliphatic carbocycles. The number of aryl methyl sites for hydroxylation is 1. The van der Waals surface area contributed by atoms with Crippen molar-refractivity contribution in [2.24, 2.45) is 5.92 Å². The number of Topliss-reactive ketones (excluding diaryl/α,β-unsaturated/α-hetero) is 1. The topological polar surface area (TPSA) is 56.1 Å². The lowest BCUT2D eigenvalue weighted by molar-refractivity contribution is 0.0975. The van der Waals surface area contributed by atoms with Gasteiger partial charge in [-0.15, -0.1) is 0 Å². The third-order valence-electron chi connectivity index (χ3n) is 4.50. The number of hydrogen-bond donors (Lipinski definition) is 0. The van der Waals surface area contributed by atoms with Gasteiger partial charge in [-0.2, -0.15) is 0 Å². The molecule has 0 saturated carbocycles. The highest BCUT2D eigenvalue weighted by Crippen LogP contribution is 2.24. The van der Waals surface area contributed by atoms with Crippen LogP contribution in [0.2, 0.25) is 0 Å². The van der Waals surface area contributed by atoms with Crippen molar-refractivity contribution in [2.45, 2.75) is 38.5 Å². The molecule has 0 fully saturated rings. The lowest BCUT2D eigenvalue weighted by atomic mass is 10.0. The van der Waals surface area contributed by atoms with Gasteiger partial charge < -0.3 is 0 Å². The number of carbonyl (C=O) groups is 1. The van der Waals surface area contributed by atoms with Crippen molar-refractivity contribution in [3.8, 4) is 0 Å². The van der Waals surface area contributed by atoms with Gasteiger partial charge in [0.1, 0.15) is 0 Å². The van der Waals surface area contributed by atoms with Crippen molar-refractivity contribution in [3.63, 3.8) is 0 Å². The summed E-state index contributed by atoms with van der Waals surface area (Å²) in [6.07, 6.45) is 2.90. The summed E-state index contributed by atoms with van der Waals surface area (Å²) >= 11 is 0. The number of aromatic nitrogens is 1. The molecule has 0 aliphatic rings. The van der Waals surface area contributed by atoms with Crippen molar-refractivity contribution in [1.29, 1.82) is 0 Å². The standard InChI is InChI=1S/C21H23NO3S/c1-15(2)4-11-21(23)18-7-10-20-17(14-18)12-13-22(20)26(24,25)19-8-5-16(3)6-9-19/h5-10,12-15H,4,11H2,1-3H3. The van der Waals surface area contributed by atoms with E-state index < -0.39 is 10.0 Å². The van der Waals surface area contributed by atoms with Crippen LogP contribution in [-0.2, 0) is 10.0 Å². The second kappa shape index (κ2) is 7.08. The summed E-state index contributed by atoms with van der Waals surface area (Å²) in [6, 6.07) is 13.7. The Morgan fingerprint density at radius 1 is 1.04 bits per heavy atom. The van der Waals surface area contributed by atoms with Gasteiger partial charge in [0.2, 0.25) is 0 Å². The minimum absolute atomic E-state index is 0.0924. The van der Waals surface area contributed by atoms with Crippen LogP contribution < -0.4 is 0 Å². The van der Waals surface area contributed by atoms with Crippen LogP contribution in [0.15, 0.2) is 59.6 Å². The first-order valence-electron chi connectivity index (χ1n) is 8.75. The molecule has 5 heteroatoms. The molecule has 0 bridgehead atoms. The third kappa shape index (κ3) is 3.58. The quantitative estimate of drug-likeness (QED) is 0.586. The van der Waals surface area contributed by atoms with Crippen molar-refractivity contribution in [2.75, 3.05) is 0 Å². The maximum absolute atomic E-state index is 12.9. The van der Waals surface area contributed by atoms with E-state index in [-0.39, 0.29) is 10.7 Å². The van der Waals surface area contributed by atoms with Crippen molar-refractivity contribution < 1.29 is 13.2 Å². The Kier molecular flexibility index (Phi) is 5.01. The Labute approximate surface area is 154 Å². The molecular formula is C21H23NO3S. The first kappa shape index (κ1) is 18.4. The van der Waals surface area contributed by atoms with E-state index in [1.54, 1.807) is 54.7 Å². The fourth-order valence-electron chi connectivity index (χ4n) is 2.89. The fraction of sp³-hybridized carbons (Fsp3) is 0.286. The molecule has 0 amide bonds. The average Bonchev–Trinajstić information content (AvgIpc) is 3.04. The van der Waals surface area contributed by atoms with Gasteiger partial charge in [-0.25, -0.2) is 12.4 Å². The Morgan fingerprint density at radius 2 is 1.73 bits per heavy atom. The summed E-state index contributed by atoms with van der Waals surface area (Å²) < 4.78 is 27.1. The second-order valence-electron chi connectivity index (χ2n) is 7.06. The molecule has 0 aliphatic heterocycles. The zero-order valence-corrected chi connectivity index (χ0v) is 16.1. The van der Waals surface area contributed by atoms with Gasteiger partial charge in [-0.1, -0.05) is 31.5 Å². The van der Waals surface area contributed by atoms with Gasteiger partial charge in [0.05, 0.1) is 10.4 Å². The highest BCUT2D eigenvalue weighted by Gasteiger charge is 2.19. The minimum atomic E-state index is -3.66. The number of fused-ring (bicyclic) bond motifs is 1. The van der Waals surface area contributed by atoms with Crippen LogP contribution in [0.4, 0.5) is 0 Å². The smallest absolute Gasteiger partial charge is 0.268 e. The van der Waals surface area contributed by atoms with Gasteiger partial charge in [0, 0.05) is 23.6 Å². The second-order valence-corrected chi connectivity index (χ2v) is 8.87. The zero-order valence-electron chi connectivity index (χ0n) is 15.3. The normalized spacial score (nSPS) is 12.0. The molecule has 26 heavy (non-hydrogen) atoms. The van der Waals surface area contributed by atoms with E-state index in [4.69, 9.17) is 0 Å². The van der Waals surface area contributed by atoms with Gasteiger partial charge >= 0.3 is 0 Å². The molecule has 0 radical (unpaired) electrons. The summed E-state index contributed by atoms with van der Waals surface area (Å²) in [4.78, 5) is 12.6. The van der Waals surface area contributed by atoms with Crippen LogP contribution in [0.25, 0.3) is 10.9 Å². The predicted molar refractivity (Wildman–Crippen MR) is 104 cm³/mol. The Hall–Kier alpha value is -2.40. The maximum Gasteiger partial charge on any atom is 0.268 e. The monoisotopic (exact) mass is 369 g/mol. The summed E-state index contributed by atoms with van der Waals surface area (Å²) in [6.45, 7) is 6.10. The molecule has 0 atom stereocenters.